The molecule has 0 bridgehead atoms. The molecule has 1 N–H and O–H groups in total. The van der Waals surface area contributed by atoms with E-state index in [1.807, 2.05) is 18.2 Å². The molecule has 0 radical (unpaired) electrons. The van der Waals surface area contributed by atoms with E-state index in [0.717, 1.165) is 5.39 Å². The van der Waals surface area contributed by atoms with Crippen LogP contribution in [0.1, 0.15) is 16.1 Å². The van der Waals surface area contributed by atoms with E-state index < -0.39 is 5.91 Å². The summed E-state index contributed by atoms with van der Waals surface area (Å²) in [5.74, 6) is -0.397. The lowest BCUT2D eigenvalue weighted by Crippen LogP contribution is -2.18. The van der Waals surface area contributed by atoms with E-state index in [-0.39, 0.29) is 16.8 Å². The van der Waals surface area contributed by atoms with Gasteiger partial charge in [-0.05, 0) is 30.3 Å². The third-order valence-electron chi connectivity index (χ3n) is 3.78. The van der Waals surface area contributed by atoms with Crippen LogP contribution < -0.4 is 10.9 Å². The van der Waals surface area contributed by atoms with Gasteiger partial charge in [-0.3, -0.25) is 9.59 Å². The van der Waals surface area contributed by atoms with Gasteiger partial charge in [-0.15, -0.1) is 0 Å². The van der Waals surface area contributed by atoms with Crippen molar-refractivity contribution in [2.24, 2.45) is 5.10 Å². The van der Waals surface area contributed by atoms with Crippen molar-refractivity contribution in [2.45, 2.75) is 0 Å². The maximum Gasteiger partial charge on any atom is 0.307 e. The van der Waals surface area contributed by atoms with Crippen LogP contribution in [0.3, 0.4) is 0 Å². The molecule has 0 aliphatic rings. The maximum absolute atomic E-state index is 12.4. The van der Waals surface area contributed by atoms with Crippen LogP contribution in [0.2, 0.25) is 5.02 Å². The molecule has 26 heavy (non-hydrogen) atoms. The Balaban J connectivity index is 1.56. The van der Waals surface area contributed by atoms with E-state index in [0.29, 0.717) is 21.6 Å². The van der Waals surface area contributed by atoms with E-state index in [1.165, 1.54) is 18.5 Å². The second kappa shape index (κ2) is 6.50. The third-order valence-corrected chi connectivity index (χ3v) is 4.02. The number of rotatable bonds is 3. The van der Waals surface area contributed by atoms with Gasteiger partial charge in [0.15, 0.2) is 5.76 Å². The molecule has 4 rings (SSSR count). The van der Waals surface area contributed by atoms with Crippen LogP contribution in [0.25, 0.3) is 21.9 Å². The zero-order valence-electron chi connectivity index (χ0n) is 13.2. The van der Waals surface area contributed by atoms with Crippen LogP contribution in [-0.4, -0.2) is 12.1 Å². The topological polar surface area (TPSA) is 84.8 Å². The molecule has 0 spiro atoms. The van der Waals surface area contributed by atoms with E-state index in [2.05, 4.69) is 10.5 Å². The molecule has 2 aromatic carbocycles. The molecule has 2 aromatic heterocycles. The van der Waals surface area contributed by atoms with Gasteiger partial charge in [-0.25, -0.2) is 5.43 Å². The number of amides is 1. The van der Waals surface area contributed by atoms with Gasteiger partial charge in [0.1, 0.15) is 17.4 Å². The minimum Gasteiger partial charge on any atom is -0.463 e. The van der Waals surface area contributed by atoms with Crippen molar-refractivity contribution in [3.63, 3.8) is 0 Å². The van der Waals surface area contributed by atoms with Crippen LogP contribution in [0.5, 0.6) is 0 Å². The first-order chi connectivity index (χ1) is 12.6. The molecular weight excluding hydrogens is 356 g/mol. The molecule has 6 nitrogen and oxygen atoms in total. The van der Waals surface area contributed by atoms with Crippen LogP contribution >= 0.6 is 11.6 Å². The van der Waals surface area contributed by atoms with Gasteiger partial charge < -0.3 is 8.83 Å². The number of nitrogens with zero attached hydrogens (tertiary/aromatic N) is 1. The van der Waals surface area contributed by atoms with Crippen LogP contribution in [0.4, 0.5) is 0 Å². The fourth-order valence-corrected chi connectivity index (χ4v) is 2.69. The molecule has 128 valence electrons. The first-order valence-corrected chi connectivity index (χ1v) is 8.03. The second-order valence-corrected chi connectivity index (χ2v) is 5.94. The van der Waals surface area contributed by atoms with E-state index in [9.17, 15) is 9.59 Å². The Morgan fingerprint density at radius 1 is 1.12 bits per heavy atom. The molecule has 7 heteroatoms. The Hall–Kier alpha value is -3.38. The maximum atomic E-state index is 12.4. The molecule has 0 unspecified atom stereocenters. The summed E-state index contributed by atoms with van der Waals surface area (Å²) in [6.07, 6.45) is 2.49. The summed E-state index contributed by atoms with van der Waals surface area (Å²) in [5, 5.41) is 5.38. The lowest BCUT2D eigenvalue weighted by molar-refractivity contribution is 0.0929. The average Bonchev–Trinajstić information content (AvgIpc) is 3.08. The standard InChI is InChI=1S/C19H11ClN2O4/c20-13-5-6-16-14(8-13)18(23)12(10-25-16)9-21-22-19(24)17-7-11-3-1-2-4-15(11)26-17/h1-10H,(H,22,24). The van der Waals surface area contributed by atoms with Crippen molar-refractivity contribution in [1.29, 1.82) is 0 Å². The smallest absolute Gasteiger partial charge is 0.307 e. The van der Waals surface area contributed by atoms with Crippen molar-refractivity contribution < 1.29 is 13.6 Å². The Bertz CT molecular complexity index is 1190. The van der Waals surface area contributed by atoms with Gasteiger partial charge >= 0.3 is 5.91 Å². The highest BCUT2D eigenvalue weighted by Gasteiger charge is 2.11. The number of carbonyl (C=O) groups is 1. The summed E-state index contributed by atoms with van der Waals surface area (Å²) in [6, 6.07) is 13.7. The van der Waals surface area contributed by atoms with Crippen molar-refractivity contribution in [3.8, 4) is 0 Å². The monoisotopic (exact) mass is 366 g/mol. The summed E-state index contributed by atoms with van der Waals surface area (Å²) < 4.78 is 10.8. The minimum atomic E-state index is -0.523. The van der Waals surface area contributed by atoms with Crippen LogP contribution in [0.15, 0.2) is 73.5 Å². The number of hydrogen-bond acceptors (Lipinski definition) is 5. The molecule has 1 amide bonds. The van der Waals surface area contributed by atoms with E-state index in [4.69, 9.17) is 20.4 Å². The molecule has 0 atom stereocenters. The third kappa shape index (κ3) is 2.98. The number of para-hydroxylation sites is 1. The van der Waals surface area contributed by atoms with Crippen molar-refractivity contribution >= 4 is 45.7 Å². The lowest BCUT2D eigenvalue weighted by atomic mass is 10.2. The number of nitrogens with one attached hydrogen (secondary N) is 1. The van der Waals surface area contributed by atoms with Crippen LogP contribution in [0, 0.1) is 0 Å². The SMILES string of the molecule is O=C(NN=Cc1coc2ccc(Cl)cc2c1=O)c1cc2ccccc2o1. The van der Waals surface area contributed by atoms with E-state index >= 15 is 0 Å². The second-order valence-electron chi connectivity index (χ2n) is 5.51. The summed E-state index contributed by atoms with van der Waals surface area (Å²) >= 11 is 5.91. The fraction of sp³-hybridized carbons (Fsp3) is 0. The molecule has 2 heterocycles. The van der Waals surface area contributed by atoms with Gasteiger partial charge in [-0.1, -0.05) is 29.8 Å². The molecule has 0 aliphatic heterocycles. The molecule has 4 aromatic rings. The Morgan fingerprint density at radius 2 is 1.96 bits per heavy atom. The number of hydrazone groups is 1. The van der Waals surface area contributed by atoms with Gasteiger partial charge in [0, 0.05) is 10.4 Å². The van der Waals surface area contributed by atoms with Crippen molar-refractivity contribution in [1.82, 2.24) is 5.43 Å². The van der Waals surface area contributed by atoms with E-state index in [1.54, 1.807) is 24.3 Å². The quantitative estimate of drug-likeness (QED) is 0.439. The number of furan rings is 1. The zero-order chi connectivity index (χ0) is 18.1. The highest BCUT2D eigenvalue weighted by Crippen LogP contribution is 2.19. The zero-order valence-corrected chi connectivity index (χ0v) is 14.0. The van der Waals surface area contributed by atoms with Crippen molar-refractivity contribution in [3.05, 3.63) is 81.4 Å². The largest absolute Gasteiger partial charge is 0.463 e. The lowest BCUT2D eigenvalue weighted by Gasteiger charge is -1.99. The first-order valence-electron chi connectivity index (χ1n) is 7.65. The van der Waals surface area contributed by atoms with Gasteiger partial charge in [0.2, 0.25) is 5.43 Å². The molecule has 0 fully saturated rings. The minimum absolute atomic E-state index is 0.126. The highest BCUT2D eigenvalue weighted by molar-refractivity contribution is 6.31. The normalized spacial score (nSPS) is 11.4. The first kappa shape index (κ1) is 16.1. The summed E-state index contributed by atoms with van der Waals surface area (Å²) in [5.41, 5.74) is 3.24. The summed E-state index contributed by atoms with van der Waals surface area (Å²) in [4.78, 5) is 24.5. The summed E-state index contributed by atoms with van der Waals surface area (Å²) in [6.45, 7) is 0. The average molecular weight is 367 g/mol. The Kier molecular flexibility index (Phi) is 4.02. The van der Waals surface area contributed by atoms with Gasteiger partial charge in [0.05, 0.1) is 17.2 Å². The number of halogens is 1. The molecular formula is C19H11ClN2O4. The predicted molar refractivity (Wildman–Crippen MR) is 98.8 cm³/mol. The van der Waals surface area contributed by atoms with Crippen molar-refractivity contribution in [2.75, 3.05) is 0 Å². The number of benzene rings is 2. The molecule has 0 saturated carbocycles. The summed E-state index contributed by atoms with van der Waals surface area (Å²) in [7, 11) is 0. The van der Waals surface area contributed by atoms with Gasteiger partial charge in [0.25, 0.3) is 0 Å². The van der Waals surface area contributed by atoms with Gasteiger partial charge in [-0.2, -0.15) is 5.10 Å². The number of carbonyl (C=O) groups excluding carboxylic acids is 1. The number of fused-ring (bicyclic) bond motifs is 2. The highest BCUT2D eigenvalue weighted by atomic mass is 35.5. The number of hydrogen-bond donors (Lipinski definition) is 1. The Morgan fingerprint density at radius 3 is 2.81 bits per heavy atom. The Labute approximate surface area is 151 Å². The molecule has 0 aliphatic carbocycles. The fourth-order valence-electron chi connectivity index (χ4n) is 2.52. The predicted octanol–water partition coefficient (Wildman–Crippen LogP) is 3.96. The molecule has 0 saturated heterocycles. The van der Waals surface area contributed by atoms with Crippen LogP contribution in [-0.2, 0) is 0 Å².